The summed E-state index contributed by atoms with van der Waals surface area (Å²) in [5.41, 5.74) is -0.00273. The highest BCUT2D eigenvalue weighted by molar-refractivity contribution is 7.88. The SMILES string of the molecule is CC(C)C(C)C(C)(C)CNS(C)(=O)=O. The third-order valence-corrected chi connectivity index (χ3v) is 3.69. The lowest BCUT2D eigenvalue weighted by atomic mass is 9.74. The molecule has 1 atom stereocenters. The van der Waals surface area contributed by atoms with E-state index in [-0.39, 0.29) is 5.41 Å². The zero-order valence-electron chi connectivity index (χ0n) is 10.1. The van der Waals surface area contributed by atoms with Crippen LogP contribution in [0.15, 0.2) is 0 Å². The predicted molar refractivity (Wildman–Crippen MR) is 60.6 cm³/mol. The average molecular weight is 221 g/mol. The molecule has 86 valence electrons. The molecule has 0 aromatic rings. The van der Waals surface area contributed by atoms with Crippen molar-refractivity contribution in [2.75, 3.05) is 12.8 Å². The summed E-state index contributed by atoms with van der Waals surface area (Å²) in [5.74, 6) is 1.04. The van der Waals surface area contributed by atoms with Gasteiger partial charge in [0, 0.05) is 6.54 Å². The Hall–Kier alpha value is -0.0900. The number of nitrogens with one attached hydrogen (secondary N) is 1. The maximum Gasteiger partial charge on any atom is 0.208 e. The van der Waals surface area contributed by atoms with Crippen LogP contribution in [0.2, 0.25) is 0 Å². The molecule has 0 bridgehead atoms. The molecule has 0 aliphatic heterocycles. The second-order valence-electron chi connectivity index (χ2n) is 5.11. The van der Waals surface area contributed by atoms with Gasteiger partial charge in [0.15, 0.2) is 0 Å². The third kappa shape index (κ3) is 4.96. The zero-order valence-corrected chi connectivity index (χ0v) is 10.9. The fourth-order valence-corrected chi connectivity index (χ4v) is 2.01. The second-order valence-corrected chi connectivity index (χ2v) is 6.95. The standard InChI is InChI=1S/C10H23NO2S/c1-8(2)9(3)10(4,5)7-11-14(6,12)13/h8-9,11H,7H2,1-6H3. The topological polar surface area (TPSA) is 46.2 Å². The van der Waals surface area contributed by atoms with Gasteiger partial charge >= 0.3 is 0 Å². The summed E-state index contributed by atoms with van der Waals surface area (Å²) in [5, 5.41) is 0. The van der Waals surface area contributed by atoms with Crippen molar-refractivity contribution in [2.45, 2.75) is 34.6 Å². The first-order valence-electron chi connectivity index (χ1n) is 5.01. The summed E-state index contributed by atoms with van der Waals surface area (Å²) in [6.07, 6.45) is 1.20. The molecular formula is C10H23NO2S. The molecule has 0 saturated carbocycles. The largest absolute Gasteiger partial charge is 0.215 e. The molecule has 0 aromatic heterocycles. The number of hydrogen-bond donors (Lipinski definition) is 1. The van der Waals surface area contributed by atoms with E-state index in [2.05, 4.69) is 39.3 Å². The maximum atomic E-state index is 11.0. The predicted octanol–water partition coefficient (Wildman–Crippen LogP) is 1.85. The van der Waals surface area contributed by atoms with Crippen molar-refractivity contribution in [2.24, 2.45) is 17.3 Å². The highest BCUT2D eigenvalue weighted by Crippen LogP contribution is 2.31. The first kappa shape index (κ1) is 13.9. The molecule has 0 aliphatic carbocycles. The monoisotopic (exact) mass is 221 g/mol. The summed E-state index contributed by atoms with van der Waals surface area (Å²) in [4.78, 5) is 0. The summed E-state index contributed by atoms with van der Waals surface area (Å²) < 4.78 is 24.5. The Kier molecular flexibility index (Phi) is 4.59. The van der Waals surface area contributed by atoms with Gasteiger partial charge in [-0.25, -0.2) is 13.1 Å². The van der Waals surface area contributed by atoms with Crippen LogP contribution in [0.3, 0.4) is 0 Å². The Morgan fingerprint density at radius 3 is 1.93 bits per heavy atom. The van der Waals surface area contributed by atoms with Gasteiger partial charge in [0.05, 0.1) is 6.26 Å². The number of sulfonamides is 1. The highest BCUT2D eigenvalue weighted by Gasteiger charge is 2.28. The van der Waals surface area contributed by atoms with Crippen molar-refractivity contribution in [3.63, 3.8) is 0 Å². The Morgan fingerprint density at radius 2 is 1.64 bits per heavy atom. The molecule has 3 nitrogen and oxygen atoms in total. The van der Waals surface area contributed by atoms with Gasteiger partial charge in [-0.3, -0.25) is 0 Å². The van der Waals surface area contributed by atoms with E-state index in [4.69, 9.17) is 0 Å². The minimum atomic E-state index is -3.07. The summed E-state index contributed by atoms with van der Waals surface area (Å²) >= 11 is 0. The van der Waals surface area contributed by atoms with E-state index >= 15 is 0 Å². The van der Waals surface area contributed by atoms with Crippen LogP contribution in [0.5, 0.6) is 0 Å². The van der Waals surface area contributed by atoms with E-state index in [1.807, 2.05) is 0 Å². The summed E-state index contributed by atoms with van der Waals surface area (Å²) in [6.45, 7) is 11.2. The highest BCUT2D eigenvalue weighted by atomic mass is 32.2. The minimum absolute atomic E-state index is 0.00273. The van der Waals surface area contributed by atoms with Gasteiger partial charge in [-0.2, -0.15) is 0 Å². The van der Waals surface area contributed by atoms with Crippen LogP contribution in [-0.4, -0.2) is 21.2 Å². The van der Waals surface area contributed by atoms with Crippen LogP contribution >= 0.6 is 0 Å². The van der Waals surface area contributed by atoms with Gasteiger partial charge in [-0.1, -0.05) is 34.6 Å². The van der Waals surface area contributed by atoms with Crippen molar-refractivity contribution in [1.82, 2.24) is 4.72 Å². The molecule has 0 spiro atoms. The van der Waals surface area contributed by atoms with Gasteiger partial charge in [0.1, 0.15) is 0 Å². The van der Waals surface area contributed by atoms with Crippen LogP contribution in [0, 0.1) is 17.3 Å². The normalized spacial score (nSPS) is 15.9. The Bertz CT molecular complexity index is 268. The van der Waals surface area contributed by atoms with E-state index in [1.165, 1.54) is 6.26 Å². The number of rotatable bonds is 5. The molecule has 0 aromatic carbocycles. The summed E-state index contributed by atoms with van der Waals surface area (Å²) in [7, 11) is -3.07. The van der Waals surface area contributed by atoms with Crippen molar-refractivity contribution in [3.8, 4) is 0 Å². The van der Waals surface area contributed by atoms with Crippen LogP contribution in [0.25, 0.3) is 0 Å². The Balaban J connectivity index is 4.35. The zero-order chi connectivity index (χ0) is 11.6. The molecule has 0 amide bonds. The number of hydrogen-bond acceptors (Lipinski definition) is 2. The molecule has 4 heteroatoms. The molecule has 0 rings (SSSR count). The quantitative estimate of drug-likeness (QED) is 0.770. The molecule has 0 radical (unpaired) electrons. The van der Waals surface area contributed by atoms with Crippen molar-refractivity contribution in [3.05, 3.63) is 0 Å². The van der Waals surface area contributed by atoms with E-state index in [0.29, 0.717) is 18.4 Å². The maximum absolute atomic E-state index is 11.0. The lowest BCUT2D eigenvalue weighted by Crippen LogP contribution is -2.38. The van der Waals surface area contributed by atoms with E-state index < -0.39 is 10.0 Å². The molecule has 1 N–H and O–H groups in total. The van der Waals surface area contributed by atoms with Crippen LogP contribution < -0.4 is 4.72 Å². The lowest BCUT2D eigenvalue weighted by molar-refractivity contribution is 0.178. The second kappa shape index (κ2) is 4.62. The molecule has 0 aliphatic rings. The van der Waals surface area contributed by atoms with Crippen molar-refractivity contribution in [1.29, 1.82) is 0 Å². The minimum Gasteiger partial charge on any atom is -0.215 e. The van der Waals surface area contributed by atoms with Gasteiger partial charge < -0.3 is 0 Å². The fourth-order valence-electron chi connectivity index (χ4n) is 1.38. The van der Waals surface area contributed by atoms with Crippen molar-refractivity contribution >= 4 is 10.0 Å². The lowest BCUT2D eigenvalue weighted by Gasteiger charge is -2.34. The Morgan fingerprint density at radius 1 is 1.21 bits per heavy atom. The van der Waals surface area contributed by atoms with Gasteiger partial charge in [0.2, 0.25) is 10.0 Å². The molecule has 0 saturated heterocycles. The molecular weight excluding hydrogens is 198 g/mol. The smallest absolute Gasteiger partial charge is 0.208 e. The van der Waals surface area contributed by atoms with E-state index in [1.54, 1.807) is 0 Å². The third-order valence-electron chi connectivity index (χ3n) is 3.02. The average Bonchev–Trinajstić information content (AvgIpc) is 1.98. The first-order valence-corrected chi connectivity index (χ1v) is 6.90. The molecule has 14 heavy (non-hydrogen) atoms. The Labute approximate surface area is 88.3 Å². The van der Waals surface area contributed by atoms with Crippen LogP contribution in [0.4, 0.5) is 0 Å². The summed E-state index contributed by atoms with van der Waals surface area (Å²) in [6, 6.07) is 0. The first-order chi connectivity index (χ1) is 6.06. The van der Waals surface area contributed by atoms with Crippen molar-refractivity contribution < 1.29 is 8.42 Å². The van der Waals surface area contributed by atoms with Gasteiger partial charge in [-0.05, 0) is 17.3 Å². The van der Waals surface area contributed by atoms with E-state index in [9.17, 15) is 8.42 Å². The van der Waals surface area contributed by atoms with Gasteiger partial charge in [-0.15, -0.1) is 0 Å². The molecule has 0 heterocycles. The van der Waals surface area contributed by atoms with Gasteiger partial charge in [0.25, 0.3) is 0 Å². The molecule has 0 fully saturated rings. The van der Waals surface area contributed by atoms with E-state index in [0.717, 1.165) is 0 Å². The van der Waals surface area contributed by atoms with Crippen LogP contribution in [-0.2, 0) is 10.0 Å². The molecule has 1 unspecified atom stereocenters. The van der Waals surface area contributed by atoms with Crippen LogP contribution in [0.1, 0.15) is 34.6 Å². The fraction of sp³-hybridized carbons (Fsp3) is 1.00.